The van der Waals surface area contributed by atoms with Crippen LogP contribution in [0, 0.1) is 5.92 Å². The molecule has 0 amide bonds. The number of rotatable bonds is 6. The van der Waals surface area contributed by atoms with Gasteiger partial charge in [0.05, 0.1) is 17.5 Å². The molecule has 0 saturated heterocycles. The summed E-state index contributed by atoms with van der Waals surface area (Å²) >= 11 is 0. The van der Waals surface area contributed by atoms with Crippen molar-refractivity contribution in [1.29, 1.82) is 0 Å². The maximum absolute atomic E-state index is 13.0. The second-order valence-corrected chi connectivity index (χ2v) is 11.9. The zero-order valence-corrected chi connectivity index (χ0v) is 20.1. The van der Waals surface area contributed by atoms with Crippen molar-refractivity contribution in [1.82, 2.24) is 0 Å². The highest BCUT2D eigenvalue weighted by molar-refractivity contribution is 7.92. The number of benzene rings is 3. The van der Waals surface area contributed by atoms with Gasteiger partial charge in [0, 0.05) is 11.1 Å². The number of anilines is 2. The van der Waals surface area contributed by atoms with E-state index in [1.54, 1.807) is 12.1 Å². The molecule has 0 fully saturated rings. The van der Waals surface area contributed by atoms with E-state index in [2.05, 4.69) is 28.3 Å². The lowest BCUT2D eigenvalue weighted by molar-refractivity contribution is 0.480. The minimum absolute atomic E-state index is 0.0142. The van der Waals surface area contributed by atoms with E-state index >= 15 is 0 Å². The molecule has 0 spiro atoms. The first-order valence-electron chi connectivity index (χ1n) is 10.4. The molecule has 0 aromatic heterocycles. The summed E-state index contributed by atoms with van der Waals surface area (Å²) < 4.78 is 55.1. The first-order chi connectivity index (χ1) is 15.4. The number of hydrogen-bond donors (Lipinski definition) is 3. The zero-order chi connectivity index (χ0) is 24.0. The van der Waals surface area contributed by atoms with Gasteiger partial charge in [-0.25, -0.2) is 8.42 Å². The van der Waals surface area contributed by atoms with E-state index in [4.69, 9.17) is 0 Å². The Morgan fingerprint density at radius 3 is 2.45 bits per heavy atom. The molecule has 8 nitrogen and oxygen atoms in total. The Labute approximate surface area is 193 Å². The normalized spacial score (nSPS) is 15.1. The highest BCUT2D eigenvalue weighted by Gasteiger charge is 2.28. The average Bonchev–Trinajstić information content (AvgIpc) is 2.72. The van der Waals surface area contributed by atoms with Gasteiger partial charge in [0.15, 0.2) is 5.84 Å². The van der Waals surface area contributed by atoms with Gasteiger partial charge >= 0.3 is 0 Å². The maximum Gasteiger partial charge on any atom is 0.286 e. The molecule has 174 valence electrons. The van der Waals surface area contributed by atoms with Crippen LogP contribution in [-0.4, -0.2) is 34.0 Å². The minimum Gasteiger partial charge on any atom is -0.507 e. The molecule has 10 heteroatoms. The van der Waals surface area contributed by atoms with E-state index in [0.717, 1.165) is 30.0 Å². The first-order valence-corrected chi connectivity index (χ1v) is 13.8. The number of sulfonamides is 2. The van der Waals surface area contributed by atoms with Crippen LogP contribution in [0.3, 0.4) is 0 Å². The SMILES string of the molecule is CC(C)CCc1cc(C2=NS(=O)(=O)c3cc(NS(C)(=O)=O)ccc3N2)c(O)c2ccccc12. The van der Waals surface area contributed by atoms with Crippen molar-refractivity contribution < 1.29 is 21.9 Å². The molecule has 0 saturated carbocycles. The van der Waals surface area contributed by atoms with E-state index in [1.165, 1.54) is 18.2 Å². The zero-order valence-electron chi connectivity index (χ0n) is 18.5. The van der Waals surface area contributed by atoms with Crippen molar-refractivity contribution >= 4 is 48.0 Å². The third-order valence-electron chi connectivity index (χ3n) is 5.38. The smallest absolute Gasteiger partial charge is 0.286 e. The third-order valence-corrected chi connectivity index (χ3v) is 7.30. The van der Waals surface area contributed by atoms with Gasteiger partial charge in [-0.1, -0.05) is 38.1 Å². The van der Waals surface area contributed by atoms with Gasteiger partial charge < -0.3 is 10.4 Å². The molecule has 33 heavy (non-hydrogen) atoms. The topological polar surface area (TPSA) is 125 Å². The van der Waals surface area contributed by atoms with E-state index in [9.17, 15) is 21.9 Å². The van der Waals surface area contributed by atoms with Crippen LogP contribution in [0.25, 0.3) is 10.8 Å². The van der Waals surface area contributed by atoms with Gasteiger partial charge in [0.2, 0.25) is 10.0 Å². The summed E-state index contributed by atoms with van der Waals surface area (Å²) in [5, 5.41) is 15.5. The number of amidine groups is 1. The number of aromatic hydroxyl groups is 1. The molecule has 0 bridgehead atoms. The van der Waals surface area contributed by atoms with E-state index in [-0.39, 0.29) is 27.9 Å². The summed E-state index contributed by atoms with van der Waals surface area (Å²) in [6.45, 7) is 4.26. The molecule has 0 radical (unpaired) electrons. The minimum atomic E-state index is -4.15. The predicted octanol–water partition coefficient (Wildman–Crippen LogP) is 4.07. The Morgan fingerprint density at radius 2 is 1.79 bits per heavy atom. The Kier molecular flexibility index (Phi) is 5.83. The number of hydrogen-bond acceptors (Lipinski definition) is 6. The van der Waals surface area contributed by atoms with Crippen LogP contribution >= 0.6 is 0 Å². The third kappa shape index (κ3) is 4.81. The van der Waals surface area contributed by atoms with Gasteiger partial charge in [-0.05, 0) is 54.0 Å². The lowest BCUT2D eigenvalue weighted by Crippen LogP contribution is -2.23. The monoisotopic (exact) mass is 487 g/mol. The molecule has 3 aromatic carbocycles. The summed E-state index contributed by atoms with van der Waals surface area (Å²) in [5.41, 5.74) is 1.65. The van der Waals surface area contributed by atoms with Crippen LogP contribution in [0.15, 0.2) is 57.8 Å². The molecule has 0 atom stereocenters. The van der Waals surface area contributed by atoms with Crippen molar-refractivity contribution in [2.75, 3.05) is 16.3 Å². The average molecular weight is 488 g/mol. The van der Waals surface area contributed by atoms with Gasteiger partial charge in [0.1, 0.15) is 10.6 Å². The quantitative estimate of drug-likeness (QED) is 0.481. The summed E-state index contributed by atoms with van der Waals surface area (Å²) in [6.07, 6.45) is 2.68. The number of nitrogens with one attached hydrogen (secondary N) is 2. The Hall–Kier alpha value is -3.11. The summed E-state index contributed by atoms with van der Waals surface area (Å²) in [5.74, 6) is 0.438. The molecule has 1 aliphatic heterocycles. The van der Waals surface area contributed by atoms with Crippen LogP contribution in [0.5, 0.6) is 5.75 Å². The second-order valence-electron chi connectivity index (χ2n) is 8.54. The number of phenols is 1. The number of aryl methyl sites for hydroxylation is 1. The second kappa shape index (κ2) is 8.35. The standard InChI is InChI=1S/C23H25N3O5S2/c1-14(2)8-9-15-12-19(22(27)18-7-5-4-6-17(15)18)23-24-20-11-10-16(25-32(3,28)29)13-21(20)33(30,31)26-23/h4-7,10-14,25,27H,8-9H2,1-3H3,(H,24,26). The van der Waals surface area contributed by atoms with E-state index in [0.29, 0.717) is 16.9 Å². The summed E-state index contributed by atoms with van der Waals surface area (Å²) in [7, 11) is -7.72. The number of phenolic OH excluding ortho intramolecular Hbond substituents is 1. The van der Waals surface area contributed by atoms with E-state index < -0.39 is 20.0 Å². The van der Waals surface area contributed by atoms with Crippen LogP contribution in [0.2, 0.25) is 0 Å². The number of nitrogens with zero attached hydrogens (tertiary/aromatic N) is 1. The van der Waals surface area contributed by atoms with Crippen molar-refractivity contribution in [3.63, 3.8) is 0 Å². The van der Waals surface area contributed by atoms with Gasteiger partial charge in [-0.2, -0.15) is 8.42 Å². The highest BCUT2D eigenvalue weighted by Crippen LogP contribution is 2.37. The molecule has 0 aliphatic carbocycles. The molecule has 4 rings (SSSR count). The molecular formula is C23H25N3O5S2. The fourth-order valence-corrected chi connectivity index (χ4v) is 5.53. The van der Waals surface area contributed by atoms with Crippen molar-refractivity contribution in [2.24, 2.45) is 10.3 Å². The molecule has 1 heterocycles. The predicted molar refractivity (Wildman–Crippen MR) is 131 cm³/mol. The Morgan fingerprint density at radius 1 is 1.09 bits per heavy atom. The largest absolute Gasteiger partial charge is 0.507 e. The molecule has 3 aromatic rings. The first kappa shape index (κ1) is 23.1. The van der Waals surface area contributed by atoms with Gasteiger partial charge in [-0.15, -0.1) is 4.40 Å². The van der Waals surface area contributed by atoms with Gasteiger partial charge in [-0.3, -0.25) is 4.72 Å². The fourth-order valence-electron chi connectivity index (χ4n) is 3.82. The molecule has 1 aliphatic rings. The Balaban J connectivity index is 1.83. The molecular weight excluding hydrogens is 462 g/mol. The van der Waals surface area contributed by atoms with Crippen LogP contribution in [0.1, 0.15) is 31.4 Å². The maximum atomic E-state index is 13.0. The van der Waals surface area contributed by atoms with E-state index in [1.807, 2.05) is 18.2 Å². The molecule has 3 N–H and O–H groups in total. The summed E-state index contributed by atoms with van der Waals surface area (Å²) in [6, 6.07) is 13.4. The molecule has 0 unspecified atom stereocenters. The van der Waals surface area contributed by atoms with Gasteiger partial charge in [0.25, 0.3) is 10.0 Å². The lowest BCUT2D eigenvalue weighted by atomic mass is 9.94. The highest BCUT2D eigenvalue weighted by atomic mass is 32.2. The van der Waals surface area contributed by atoms with Crippen LogP contribution in [0.4, 0.5) is 11.4 Å². The van der Waals surface area contributed by atoms with Crippen molar-refractivity contribution in [3.8, 4) is 5.75 Å². The van der Waals surface area contributed by atoms with Crippen LogP contribution < -0.4 is 10.0 Å². The fraction of sp³-hybridized carbons (Fsp3) is 0.261. The number of fused-ring (bicyclic) bond motifs is 2. The Bertz CT molecular complexity index is 1490. The summed E-state index contributed by atoms with van der Waals surface area (Å²) in [4.78, 5) is -0.153. The van der Waals surface area contributed by atoms with Crippen LogP contribution in [-0.2, 0) is 26.5 Å². The lowest BCUT2D eigenvalue weighted by Gasteiger charge is -2.21. The van der Waals surface area contributed by atoms with Crippen molar-refractivity contribution in [2.45, 2.75) is 31.6 Å². The van der Waals surface area contributed by atoms with Crippen molar-refractivity contribution in [3.05, 3.63) is 59.7 Å².